The summed E-state index contributed by atoms with van der Waals surface area (Å²) in [5, 5.41) is 12.0. The van der Waals surface area contributed by atoms with Gasteiger partial charge in [-0.3, -0.25) is 23.9 Å². The maximum absolute atomic E-state index is 13.1. The third-order valence-corrected chi connectivity index (χ3v) is 5.10. The van der Waals surface area contributed by atoms with Crippen LogP contribution in [0.5, 0.6) is 0 Å². The van der Waals surface area contributed by atoms with Gasteiger partial charge in [0.25, 0.3) is 5.56 Å². The van der Waals surface area contributed by atoms with Crippen LogP contribution < -0.4 is 21.5 Å². The number of aromatic amines is 1. The summed E-state index contributed by atoms with van der Waals surface area (Å²) in [6.45, 7) is 2.30. The van der Waals surface area contributed by atoms with Crippen LogP contribution in [0.3, 0.4) is 0 Å². The van der Waals surface area contributed by atoms with E-state index in [2.05, 4.69) is 10.3 Å². The van der Waals surface area contributed by atoms with Crippen LogP contribution in [0.2, 0.25) is 0 Å². The number of H-pyrrole nitrogens is 1. The van der Waals surface area contributed by atoms with E-state index in [0.29, 0.717) is 26.2 Å². The highest BCUT2D eigenvalue weighted by Crippen LogP contribution is 2.17. The highest BCUT2D eigenvalue weighted by molar-refractivity contribution is 5.88. The van der Waals surface area contributed by atoms with E-state index in [0.717, 1.165) is 10.3 Å². The number of piperazine rings is 1. The number of nitrogens with one attached hydrogen (secondary N) is 2. The second-order valence-electron chi connectivity index (χ2n) is 7.29. The Kier molecular flexibility index (Phi) is 6.85. The zero-order valence-electron chi connectivity index (χ0n) is 17.0. The second-order valence-corrected chi connectivity index (χ2v) is 7.29. The molecular formula is C20H24FN5O5. The van der Waals surface area contributed by atoms with Crippen LogP contribution in [-0.4, -0.2) is 70.2 Å². The van der Waals surface area contributed by atoms with Gasteiger partial charge in [-0.1, -0.05) is 0 Å². The molecule has 1 fully saturated rings. The van der Waals surface area contributed by atoms with Crippen molar-refractivity contribution in [3.05, 3.63) is 62.7 Å². The molecule has 31 heavy (non-hydrogen) atoms. The highest BCUT2D eigenvalue weighted by Gasteiger charge is 2.28. The van der Waals surface area contributed by atoms with Crippen LogP contribution in [0.4, 0.5) is 10.1 Å². The van der Waals surface area contributed by atoms with Crippen molar-refractivity contribution in [2.24, 2.45) is 0 Å². The summed E-state index contributed by atoms with van der Waals surface area (Å²) in [4.78, 5) is 53.9. The number of aliphatic hydroxyl groups is 1. The molecule has 1 aromatic heterocycles. The number of anilines is 1. The molecule has 0 aliphatic carbocycles. The number of aryl methyl sites for hydroxylation is 1. The van der Waals surface area contributed by atoms with Crippen molar-refractivity contribution in [2.45, 2.75) is 19.5 Å². The summed E-state index contributed by atoms with van der Waals surface area (Å²) in [7, 11) is 0. The predicted molar refractivity (Wildman–Crippen MR) is 110 cm³/mol. The number of hydrogen-bond donors (Lipinski definition) is 3. The molecule has 0 spiro atoms. The van der Waals surface area contributed by atoms with E-state index < -0.39 is 42.3 Å². The monoisotopic (exact) mass is 433 g/mol. The molecule has 10 nitrogen and oxygen atoms in total. The van der Waals surface area contributed by atoms with Crippen molar-refractivity contribution in [3.63, 3.8) is 0 Å². The summed E-state index contributed by atoms with van der Waals surface area (Å²) in [6, 6.07) is 4.94. The predicted octanol–water partition coefficient (Wildman–Crippen LogP) is -1.19. The molecule has 2 aromatic rings. The topological polar surface area (TPSA) is 128 Å². The first kappa shape index (κ1) is 22.2. The second kappa shape index (κ2) is 9.56. The summed E-state index contributed by atoms with van der Waals surface area (Å²) < 4.78 is 14.1. The number of carbonyl (C=O) groups excluding carboxylic acids is 2. The van der Waals surface area contributed by atoms with Crippen molar-refractivity contribution in [1.29, 1.82) is 0 Å². The average Bonchev–Trinajstić information content (AvgIpc) is 2.76. The van der Waals surface area contributed by atoms with Gasteiger partial charge in [-0.05, 0) is 31.2 Å². The van der Waals surface area contributed by atoms with Crippen LogP contribution in [0.1, 0.15) is 5.56 Å². The molecule has 2 amide bonds. The zero-order valence-corrected chi connectivity index (χ0v) is 17.0. The lowest BCUT2D eigenvalue weighted by Gasteiger charge is -2.37. The Morgan fingerprint density at radius 3 is 2.42 bits per heavy atom. The minimum Gasteiger partial charge on any atom is -0.394 e. The number of carbonyl (C=O) groups is 2. The van der Waals surface area contributed by atoms with Crippen molar-refractivity contribution >= 4 is 17.5 Å². The van der Waals surface area contributed by atoms with Gasteiger partial charge in [-0.25, -0.2) is 9.18 Å². The molecule has 1 saturated heterocycles. The van der Waals surface area contributed by atoms with Gasteiger partial charge in [0.15, 0.2) is 0 Å². The number of benzene rings is 1. The highest BCUT2D eigenvalue weighted by atomic mass is 19.1. The maximum atomic E-state index is 13.1. The standard InChI is InChI=1S/C20H24FN5O5/c1-13-10-26(20(31)23-18(13)29)11-17(28)22-16(12-27)19(30)25-8-6-24(7-9-25)15-4-2-14(21)3-5-15/h2-5,10,16,27H,6-9,11-12H2,1H3,(H,22,28)(H,23,29,31)/t16-/m0/s1. The van der Waals surface area contributed by atoms with Gasteiger partial charge >= 0.3 is 5.69 Å². The molecule has 3 rings (SSSR count). The third-order valence-electron chi connectivity index (χ3n) is 5.10. The van der Waals surface area contributed by atoms with Crippen molar-refractivity contribution in [2.75, 3.05) is 37.7 Å². The van der Waals surface area contributed by atoms with Crippen molar-refractivity contribution in [1.82, 2.24) is 19.8 Å². The Bertz CT molecular complexity index is 1060. The molecule has 0 saturated carbocycles. The molecule has 0 radical (unpaired) electrons. The average molecular weight is 433 g/mol. The number of nitrogens with zero attached hydrogens (tertiary/aromatic N) is 3. The van der Waals surface area contributed by atoms with Gasteiger partial charge in [0.1, 0.15) is 18.4 Å². The summed E-state index contributed by atoms with van der Waals surface area (Å²) in [5.41, 5.74) is -0.164. The van der Waals surface area contributed by atoms with E-state index >= 15 is 0 Å². The fourth-order valence-corrected chi connectivity index (χ4v) is 3.37. The number of rotatable bonds is 6. The first-order chi connectivity index (χ1) is 14.8. The van der Waals surface area contributed by atoms with Crippen LogP contribution in [0.15, 0.2) is 40.1 Å². The zero-order chi connectivity index (χ0) is 22.5. The largest absolute Gasteiger partial charge is 0.394 e. The van der Waals surface area contributed by atoms with Gasteiger partial charge in [0, 0.05) is 43.6 Å². The van der Waals surface area contributed by atoms with E-state index in [9.17, 15) is 28.7 Å². The van der Waals surface area contributed by atoms with Crippen molar-refractivity contribution < 1.29 is 19.1 Å². The van der Waals surface area contributed by atoms with Crippen LogP contribution in [-0.2, 0) is 16.1 Å². The number of amides is 2. The fourth-order valence-electron chi connectivity index (χ4n) is 3.37. The quantitative estimate of drug-likeness (QED) is 0.526. The Labute approximate surface area is 176 Å². The third kappa shape index (κ3) is 5.37. The minimum atomic E-state index is -1.15. The number of aromatic nitrogens is 2. The number of aliphatic hydroxyl groups excluding tert-OH is 1. The number of hydrogen-bond acceptors (Lipinski definition) is 6. The maximum Gasteiger partial charge on any atom is 0.328 e. The Hall–Kier alpha value is -3.47. The van der Waals surface area contributed by atoms with Crippen LogP contribution in [0, 0.1) is 12.7 Å². The molecule has 1 aromatic carbocycles. The van der Waals surface area contributed by atoms with E-state index in [-0.39, 0.29) is 11.4 Å². The Morgan fingerprint density at radius 2 is 1.81 bits per heavy atom. The van der Waals surface area contributed by atoms with Crippen LogP contribution in [0.25, 0.3) is 0 Å². The molecule has 1 aliphatic rings. The fraction of sp³-hybridized carbons (Fsp3) is 0.400. The lowest BCUT2D eigenvalue weighted by atomic mass is 10.2. The smallest absolute Gasteiger partial charge is 0.328 e. The summed E-state index contributed by atoms with van der Waals surface area (Å²) in [6.07, 6.45) is 1.26. The van der Waals surface area contributed by atoms with E-state index in [4.69, 9.17) is 0 Å². The first-order valence-corrected chi connectivity index (χ1v) is 9.78. The Balaban J connectivity index is 1.57. The molecule has 11 heteroatoms. The van der Waals surface area contributed by atoms with Crippen LogP contribution >= 0.6 is 0 Å². The van der Waals surface area contributed by atoms with E-state index in [1.54, 1.807) is 12.1 Å². The molecule has 3 N–H and O–H groups in total. The van der Waals surface area contributed by atoms with Gasteiger partial charge in [-0.15, -0.1) is 0 Å². The SMILES string of the molecule is Cc1cn(CC(=O)N[C@@H](CO)C(=O)N2CCN(c3ccc(F)cc3)CC2)c(=O)[nH]c1=O. The van der Waals surface area contributed by atoms with E-state index in [1.165, 1.54) is 30.2 Å². The van der Waals surface area contributed by atoms with Gasteiger partial charge < -0.3 is 20.2 Å². The van der Waals surface area contributed by atoms with Gasteiger partial charge in [0.05, 0.1) is 6.61 Å². The molecule has 0 unspecified atom stereocenters. The lowest BCUT2D eigenvalue weighted by molar-refractivity contribution is -0.138. The lowest BCUT2D eigenvalue weighted by Crippen LogP contribution is -2.56. The molecule has 1 atom stereocenters. The summed E-state index contributed by atoms with van der Waals surface area (Å²) >= 11 is 0. The van der Waals surface area contributed by atoms with Gasteiger partial charge in [-0.2, -0.15) is 0 Å². The molecule has 1 aliphatic heterocycles. The normalized spacial score (nSPS) is 14.9. The van der Waals surface area contributed by atoms with Crippen molar-refractivity contribution in [3.8, 4) is 0 Å². The first-order valence-electron chi connectivity index (χ1n) is 9.78. The molecule has 0 bridgehead atoms. The molecule has 166 valence electrons. The van der Waals surface area contributed by atoms with Gasteiger partial charge in [0.2, 0.25) is 11.8 Å². The summed E-state index contributed by atoms with van der Waals surface area (Å²) in [5.74, 6) is -1.40. The molecule has 2 heterocycles. The Morgan fingerprint density at radius 1 is 1.16 bits per heavy atom. The minimum absolute atomic E-state index is 0.265. The number of halogens is 1. The molecular weight excluding hydrogens is 409 g/mol. The van der Waals surface area contributed by atoms with E-state index in [1.807, 2.05) is 4.90 Å².